The summed E-state index contributed by atoms with van der Waals surface area (Å²) in [5, 5.41) is 14.2. The van der Waals surface area contributed by atoms with E-state index in [1.54, 1.807) is 0 Å². The molecule has 17 heavy (non-hydrogen) atoms. The van der Waals surface area contributed by atoms with Gasteiger partial charge in [0.2, 0.25) is 0 Å². The van der Waals surface area contributed by atoms with Crippen LogP contribution in [0.25, 0.3) is 0 Å². The Balaban J connectivity index is 2.44. The Kier molecular flexibility index (Phi) is 5.57. The lowest BCUT2D eigenvalue weighted by molar-refractivity contribution is 0.460. The first-order valence-electron chi connectivity index (χ1n) is 5.45. The van der Waals surface area contributed by atoms with Crippen molar-refractivity contribution in [2.24, 2.45) is 10.2 Å². The van der Waals surface area contributed by atoms with Crippen molar-refractivity contribution in [3.63, 3.8) is 0 Å². The number of rotatable bonds is 6. The molecule has 0 unspecified atom stereocenters. The molecule has 0 aromatic heterocycles. The van der Waals surface area contributed by atoms with Gasteiger partial charge in [0.1, 0.15) is 6.67 Å². The minimum atomic E-state index is 0.534. The van der Waals surface area contributed by atoms with Gasteiger partial charge in [-0.05, 0) is 24.3 Å². The molecule has 5 heteroatoms. The van der Waals surface area contributed by atoms with Crippen LogP contribution in [0.2, 0.25) is 0 Å². The molecule has 5 nitrogen and oxygen atoms in total. The Labute approximate surface area is 102 Å². The van der Waals surface area contributed by atoms with Crippen molar-refractivity contribution in [2.45, 2.75) is 0 Å². The molecule has 0 saturated carbocycles. The van der Waals surface area contributed by atoms with Crippen LogP contribution in [-0.2, 0) is 0 Å². The maximum Gasteiger partial charge on any atom is 0.131 e. The zero-order valence-corrected chi connectivity index (χ0v) is 10.5. The number of azo groups is 1. The quantitative estimate of drug-likeness (QED) is 0.742. The third kappa shape index (κ3) is 5.01. The fourth-order valence-corrected chi connectivity index (χ4v) is 1.16. The third-order valence-electron chi connectivity index (χ3n) is 2.12. The van der Waals surface area contributed by atoms with Crippen LogP contribution in [-0.4, -0.2) is 32.7 Å². The molecule has 0 aliphatic rings. The van der Waals surface area contributed by atoms with Gasteiger partial charge < -0.3 is 15.5 Å². The molecule has 0 heterocycles. The third-order valence-corrected chi connectivity index (χ3v) is 2.12. The first kappa shape index (κ1) is 13.0. The Bertz CT molecular complexity index is 369. The zero-order valence-electron chi connectivity index (χ0n) is 10.5. The maximum absolute atomic E-state index is 4.13. The predicted molar refractivity (Wildman–Crippen MR) is 71.3 cm³/mol. The van der Waals surface area contributed by atoms with Crippen molar-refractivity contribution in [3.8, 4) is 0 Å². The van der Waals surface area contributed by atoms with Gasteiger partial charge in [0.25, 0.3) is 0 Å². The molecule has 0 amide bonds. The number of anilines is 1. The number of nitrogens with one attached hydrogen (secondary N) is 2. The van der Waals surface area contributed by atoms with E-state index in [0.29, 0.717) is 6.67 Å². The number of hydrogen-bond donors (Lipinski definition) is 2. The molecule has 0 aliphatic heterocycles. The fourth-order valence-electron chi connectivity index (χ4n) is 1.16. The second kappa shape index (κ2) is 7.27. The van der Waals surface area contributed by atoms with E-state index in [1.807, 2.05) is 62.7 Å². The summed E-state index contributed by atoms with van der Waals surface area (Å²) in [6.07, 6.45) is 3.75. The minimum absolute atomic E-state index is 0.534. The molecule has 0 atom stereocenters. The van der Waals surface area contributed by atoms with E-state index in [4.69, 9.17) is 0 Å². The minimum Gasteiger partial charge on any atom is -0.393 e. The monoisotopic (exact) mass is 233 g/mol. The summed E-state index contributed by atoms with van der Waals surface area (Å²) in [5.74, 6) is 0. The highest BCUT2D eigenvalue weighted by Crippen LogP contribution is 2.15. The smallest absolute Gasteiger partial charge is 0.131 e. The van der Waals surface area contributed by atoms with Crippen LogP contribution in [0, 0.1) is 0 Å². The SMILES string of the molecule is CN/C=C\N(C)CN=Nc1ccc(NC)cc1. The second-order valence-corrected chi connectivity index (χ2v) is 3.54. The highest BCUT2D eigenvalue weighted by Gasteiger charge is 1.91. The van der Waals surface area contributed by atoms with Crippen molar-refractivity contribution in [1.29, 1.82) is 0 Å². The lowest BCUT2D eigenvalue weighted by Crippen LogP contribution is -2.11. The van der Waals surface area contributed by atoms with Crippen LogP contribution < -0.4 is 10.6 Å². The average molecular weight is 233 g/mol. The Morgan fingerprint density at radius 1 is 1.24 bits per heavy atom. The molecule has 0 saturated heterocycles. The van der Waals surface area contributed by atoms with Crippen molar-refractivity contribution >= 4 is 11.4 Å². The molecule has 0 radical (unpaired) electrons. The lowest BCUT2D eigenvalue weighted by Gasteiger charge is -2.08. The molecule has 2 N–H and O–H groups in total. The molecular formula is C12H19N5. The van der Waals surface area contributed by atoms with Gasteiger partial charge >= 0.3 is 0 Å². The molecule has 0 aliphatic carbocycles. The molecule has 0 spiro atoms. The van der Waals surface area contributed by atoms with E-state index in [2.05, 4.69) is 20.9 Å². The molecule has 1 aromatic carbocycles. The van der Waals surface area contributed by atoms with Crippen LogP contribution >= 0.6 is 0 Å². The molecule has 0 fully saturated rings. The van der Waals surface area contributed by atoms with Crippen LogP contribution in [0.4, 0.5) is 11.4 Å². The van der Waals surface area contributed by atoms with Gasteiger partial charge in [0, 0.05) is 39.2 Å². The summed E-state index contributed by atoms with van der Waals surface area (Å²) in [6, 6.07) is 7.80. The molecular weight excluding hydrogens is 214 g/mol. The summed E-state index contributed by atoms with van der Waals surface area (Å²) in [4.78, 5) is 1.93. The number of benzene rings is 1. The van der Waals surface area contributed by atoms with Gasteiger partial charge in [0.15, 0.2) is 0 Å². The summed E-state index contributed by atoms with van der Waals surface area (Å²) < 4.78 is 0. The van der Waals surface area contributed by atoms with Gasteiger partial charge in [-0.3, -0.25) is 0 Å². The standard InChI is InChI=1S/C12H19N5/c1-13-8-9-17(3)10-15-16-12-6-4-11(14-2)5-7-12/h4-9,13-14H,10H2,1-3H3/b9-8-,16-15?. The van der Waals surface area contributed by atoms with E-state index < -0.39 is 0 Å². The fraction of sp³-hybridized carbons (Fsp3) is 0.333. The zero-order chi connectivity index (χ0) is 12.5. The van der Waals surface area contributed by atoms with E-state index >= 15 is 0 Å². The number of nitrogens with zero attached hydrogens (tertiary/aromatic N) is 3. The van der Waals surface area contributed by atoms with Crippen molar-refractivity contribution < 1.29 is 0 Å². The first-order valence-corrected chi connectivity index (χ1v) is 5.45. The molecule has 1 aromatic rings. The summed E-state index contributed by atoms with van der Waals surface area (Å²) in [7, 11) is 5.69. The van der Waals surface area contributed by atoms with Crippen LogP contribution in [0.15, 0.2) is 46.9 Å². The Morgan fingerprint density at radius 3 is 2.53 bits per heavy atom. The number of hydrogen-bond acceptors (Lipinski definition) is 5. The van der Waals surface area contributed by atoms with Gasteiger partial charge in [-0.2, -0.15) is 10.2 Å². The topological polar surface area (TPSA) is 52.0 Å². The normalized spacial score (nSPS) is 11.0. The Hall–Kier alpha value is -2.04. The van der Waals surface area contributed by atoms with E-state index in [9.17, 15) is 0 Å². The van der Waals surface area contributed by atoms with E-state index in [-0.39, 0.29) is 0 Å². The van der Waals surface area contributed by atoms with Gasteiger partial charge in [-0.15, -0.1) is 0 Å². The van der Waals surface area contributed by atoms with E-state index in [0.717, 1.165) is 11.4 Å². The van der Waals surface area contributed by atoms with Gasteiger partial charge in [0.05, 0.1) is 5.69 Å². The lowest BCUT2D eigenvalue weighted by atomic mass is 10.3. The predicted octanol–water partition coefficient (Wildman–Crippen LogP) is 2.39. The van der Waals surface area contributed by atoms with Gasteiger partial charge in [-0.25, -0.2) is 0 Å². The molecule has 1 rings (SSSR count). The van der Waals surface area contributed by atoms with E-state index in [1.165, 1.54) is 0 Å². The Morgan fingerprint density at radius 2 is 1.94 bits per heavy atom. The highest BCUT2D eigenvalue weighted by molar-refractivity contribution is 5.50. The maximum atomic E-state index is 4.13. The first-order chi connectivity index (χ1) is 8.26. The van der Waals surface area contributed by atoms with Crippen LogP contribution in [0.1, 0.15) is 0 Å². The summed E-state index contributed by atoms with van der Waals surface area (Å²) in [5.41, 5.74) is 1.92. The van der Waals surface area contributed by atoms with Crippen molar-refractivity contribution in [3.05, 3.63) is 36.7 Å². The van der Waals surface area contributed by atoms with Crippen LogP contribution in [0.5, 0.6) is 0 Å². The van der Waals surface area contributed by atoms with Crippen LogP contribution in [0.3, 0.4) is 0 Å². The van der Waals surface area contributed by atoms with Crippen molar-refractivity contribution in [1.82, 2.24) is 10.2 Å². The van der Waals surface area contributed by atoms with Crippen molar-refractivity contribution in [2.75, 3.05) is 33.1 Å². The second-order valence-electron chi connectivity index (χ2n) is 3.54. The molecule has 92 valence electrons. The largest absolute Gasteiger partial charge is 0.393 e. The summed E-state index contributed by atoms with van der Waals surface area (Å²) >= 11 is 0. The molecule has 0 bridgehead atoms. The highest BCUT2D eigenvalue weighted by atomic mass is 15.2. The summed E-state index contributed by atoms with van der Waals surface area (Å²) in [6.45, 7) is 0.534. The average Bonchev–Trinajstić information content (AvgIpc) is 2.37. The van der Waals surface area contributed by atoms with Gasteiger partial charge in [-0.1, -0.05) is 0 Å².